The van der Waals surface area contributed by atoms with Crippen LogP contribution in [-0.4, -0.2) is 66.0 Å². The largest absolute Gasteiger partial charge is 0.480 e. The summed E-state index contributed by atoms with van der Waals surface area (Å²) in [7, 11) is -3.27. The van der Waals surface area contributed by atoms with E-state index in [0.29, 0.717) is 18.6 Å². The number of carboxylic acids is 1. The molecule has 0 aromatic carbocycles. The zero-order valence-corrected chi connectivity index (χ0v) is 14.6. The number of amides is 1. The molecule has 1 amide bonds. The van der Waals surface area contributed by atoms with Crippen molar-refractivity contribution in [3.63, 3.8) is 0 Å². The summed E-state index contributed by atoms with van der Waals surface area (Å²) < 4.78 is 30.5. The Hall–Kier alpha value is -1.87. The highest BCUT2D eigenvalue weighted by molar-refractivity contribution is 7.89. The average Bonchev–Trinajstić information content (AvgIpc) is 2.98. The molecule has 1 N–H and O–H groups in total. The molecule has 134 valence electrons. The van der Waals surface area contributed by atoms with Gasteiger partial charge in [0.2, 0.25) is 10.0 Å². The molecule has 0 unspecified atom stereocenters. The normalized spacial score (nSPS) is 16.9. The van der Waals surface area contributed by atoms with E-state index in [4.69, 9.17) is 9.52 Å². The van der Waals surface area contributed by atoms with E-state index in [9.17, 15) is 18.0 Å². The Labute approximate surface area is 141 Å². The number of rotatable bonds is 6. The molecule has 24 heavy (non-hydrogen) atoms. The van der Waals surface area contributed by atoms with E-state index in [1.54, 1.807) is 19.9 Å². The monoisotopic (exact) mass is 358 g/mol. The predicted octanol–water partition coefficient (Wildman–Crippen LogP) is 0.929. The molecule has 0 bridgehead atoms. The summed E-state index contributed by atoms with van der Waals surface area (Å²) in [5.74, 6) is -0.909. The van der Waals surface area contributed by atoms with Gasteiger partial charge in [0.05, 0.1) is 5.75 Å². The number of sulfonamides is 1. The lowest BCUT2D eigenvalue weighted by molar-refractivity contribution is -0.138. The molecule has 0 radical (unpaired) electrons. The number of nitrogens with zero attached hydrogens (tertiary/aromatic N) is 2. The van der Waals surface area contributed by atoms with Gasteiger partial charge in [-0.25, -0.2) is 12.7 Å². The SMILES string of the molecule is CCS(=O)(=O)N1CCC(N(CC(=O)O)C(=O)c2ccc(C)o2)CC1. The fourth-order valence-electron chi connectivity index (χ4n) is 2.82. The molecular weight excluding hydrogens is 336 g/mol. The molecule has 2 rings (SSSR count). The number of furan rings is 1. The third-order valence-electron chi connectivity index (χ3n) is 4.14. The number of hydrogen-bond donors (Lipinski definition) is 1. The van der Waals surface area contributed by atoms with Crippen molar-refractivity contribution in [1.82, 2.24) is 9.21 Å². The summed E-state index contributed by atoms with van der Waals surface area (Å²) in [6.45, 7) is 3.40. The van der Waals surface area contributed by atoms with Crippen LogP contribution in [-0.2, 0) is 14.8 Å². The highest BCUT2D eigenvalue weighted by Gasteiger charge is 2.34. The molecule has 1 aromatic heterocycles. The minimum absolute atomic E-state index is 0.0289. The Bertz CT molecular complexity index is 703. The number of carboxylic acid groups (broad SMARTS) is 1. The highest BCUT2D eigenvalue weighted by atomic mass is 32.2. The molecule has 8 nitrogen and oxygen atoms in total. The molecule has 1 saturated heterocycles. The summed E-state index contributed by atoms with van der Waals surface area (Å²) in [4.78, 5) is 25.0. The second-order valence-electron chi connectivity index (χ2n) is 5.77. The average molecular weight is 358 g/mol. The molecule has 1 aliphatic heterocycles. The Kier molecular flexibility index (Phi) is 5.66. The number of hydrogen-bond acceptors (Lipinski definition) is 5. The second-order valence-corrected chi connectivity index (χ2v) is 8.03. The standard InChI is InChI=1S/C15H22N2O6S/c1-3-24(21,22)16-8-6-12(7-9-16)17(10-14(18)19)15(20)13-5-4-11(2)23-13/h4-5,12H,3,6-10H2,1-2H3,(H,18,19). The van der Waals surface area contributed by atoms with Gasteiger partial charge in [0.1, 0.15) is 12.3 Å². The minimum atomic E-state index is -3.27. The molecular formula is C15H22N2O6S. The molecule has 1 fully saturated rings. The van der Waals surface area contributed by atoms with Crippen molar-refractivity contribution < 1.29 is 27.5 Å². The van der Waals surface area contributed by atoms with Crippen LogP contribution in [0.15, 0.2) is 16.5 Å². The van der Waals surface area contributed by atoms with E-state index in [-0.39, 0.29) is 30.6 Å². The van der Waals surface area contributed by atoms with E-state index >= 15 is 0 Å². The molecule has 0 aliphatic carbocycles. The van der Waals surface area contributed by atoms with Crippen LogP contribution in [0.2, 0.25) is 0 Å². The number of piperidine rings is 1. The van der Waals surface area contributed by atoms with Gasteiger partial charge in [-0.05, 0) is 38.8 Å². The van der Waals surface area contributed by atoms with Gasteiger partial charge in [-0.2, -0.15) is 0 Å². The fourth-order valence-corrected chi connectivity index (χ4v) is 3.95. The first-order valence-electron chi connectivity index (χ1n) is 7.81. The number of carbonyl (C=O) groups is 2. The van der Waals surface area contributed by atoms with Crippen molar-refractivity contribution in [2.75, 3.05) is 25.4 Å². The van der Waals surface area contributed by atoms with Crippen molar-refractivity contribution in [1.29, 1.82) is 0 Å². The fraction of sp³-hybridized carbons (Fsp3) is 0.600. The first-order chi connectivity index (χ1) is 11.2. The van der Waals surface area contributed by atoms with Crippen LogP contribution in [0, 0.1) is 6.92 Å². The summed E-state index contributed by atoms with van der Waals surface area (Å²) >= 11 is 0. The van der Waals surface area contributed by atoms with Crippen LogP contribution >= 0.6 is 0 Å². The highest BCUT2D eigenvalue weighted by Crippen LogP contribution is 2.21. The molecule has 0 spiro atoms. The maximum Gasteiger partial charge on any atom is 0.323 e. The lowest BCUT2D eigenvalue weighted by atomic mass is 10.0. The van der Waals surface area contributed by atoms with E-state index in [2.05, 4.69) is 0 Å². The quantitative estimate of drug-likeness (QED) is 0.810. The van der Waals surface area contributed by atoms with Gasteiger partial charge in [0.15, 0.2) is 5.76 Å². The molecule has 9 heteroatoms. The summed E-state index contributed by atoms with van der Waals surface area (Å²) in [5, 5.41) is 9.10. The van der Waals surface area contributed by atoms with Crippen LogP contribution in [0.25, 0.3) is 0 Å². The smallest absolute Gasteiger partial charge is 0.323 e. The Balaban J connectivity index is 2.12. The molecule has 2 heterocycles. The molecule has 1 aliphatic rings. The van der Waals surface area contributed by atoms with Crippen LogP contribution in [0.5, 0.6) is 0 Å². The third-order valence-corrected chi connectivity index (χ3v) is 6.02. The van der Waals surface area contributed by atoms with Crippen molar-refractivity contribution in [2.45, 2.75) is 32.7 Å². The van der Waals surface area contributed by atoms with Crippen molar-refractivity contribution >= 4 is 21.9 Å². The second kappa shape index (κ2) is 7.35. The van der Waals surface area contributed by atoms with Crippen LogP contribution < -0.4 is 0 Å². The van der Waals surface area contributed by atoms with Crippen LogP contribution in [0.1, 0.15) is 36.1 Å². The van der Waals surface area contributed by atoms with Crippen molar-refractivity contribution in [2.24, 2.45) is 0 Å². The lowest BCUT2D eigenvalue weighted by Crippen LogP contribution is -2.50. The van der Waals surface area contributed by atoms with E-state index in [1.165, 1.54) is 15.3 Å². The minimum Gasteiger partial charge on any atom is -0.480 e. The predicted molar refractivity (Wildman–Crippen MR) is 86.2 cm³/mol. The van der Waals surface area contributed by atoms with Gasteiger partial charge in [0, 0.05) is 19.1 Å². The van der Waals surface area contributed by atoms with Gasteiger partial charge in [-0.15, -0.1) is 0 Å². The Morgan fingerprint density at radius 1 is 1.33 bits per heavy atom. The number of carbonyl (C=O) groups excluding carboxylic acids is 1. The topological polar surface area (TPSA) is 108 Å². The maximum absolute atomic E-state index is 12.6. The van der Waals surface area contributed by atoms with Gasteiger partial charge in [-0.1, -0.05) is 0 Å². The molecule has 1 aromatic rings. The Morgan fingerprint density at radius 2 is 1.96 bits per heavy atom. The first kappa shape index (κ1) is 18.5. The van der Waals surface area contributed by atoms with E-state index in [0.717, 1.165) is 0 Å². The van der Waals surface area contributed by atoms with Crippen LogP contribution in [0.3, 0.4) is 0 Å². The summed E-state index contributed by atoms with van der Waals surface area (Å²) in [6, 6.07) is 2.83. The third kappa shape index (κ3) is 4.15. The molecule has 0 atom stereocenters. The van der Waals surface area contributed by atoms with Gasteiger partial charge in [-0.3, -0.25) is 9.59 Å². The summed E-state index contributed by atoms with van der Waals surface area (Å²) in [5.41, 5.74) is 0. The number of aliphatic carboxylic acids is 1. The van der Waals surface area contributed by atoms with Gasteiger partial charge >= 0.3 is 5.97 Å². The van der Waals surface area contributed by atoms with Crippen molar-refractivity contribution in [3.8, 4) is 0 Å². The first-order valence-corrected chi connectivity index (χ1v) is 9.42. The summed E-state index contributed by atoms with van der Waals surface area (Å²) in [6.07, 6.45) is 0.801. The van der Waals surface area contributed by atoms with E-state index in [1.807, 2.05) is 0 Å². The van der Waals surface area contributed by atoms with Crippen LogP contribution in [0.4, 0.5) is 0 Å². The maximum atomic E-state index is 12.6. The molecule has 0 saturated carbocycles. The van der Waals surface area contributed by atoms with Gasteiger partial charge < -0.3 is 14.4 Å². The Morgan fingerprint density at radius 3 is 2.42 bits per heavy atom. The number of aryl methyl sites for hydroxylation is 1. The zero-order valence-electron chi connectivity index (χ0n) is 13.8. The lowest BCUT2D eigenvalue weighted by Gasteiger charge is -2.36. The van der Waals surface area contributed by atoms with E-state index < -0.39 is 28.4 Å². The zero-order chi connectivity index (χ0) is 17.9. The van der Waals surface area contributed by atoms with Gasteiger partial charge in [0.25, 0.3) is 5.91 Å². The van der Waals surface area contributed by atoms with Crippen molar-refractivity contribution in [3.05, 3.63) is 23.7 Å².